The van der Waals surface area contributed by atoms with Gasteiger partial charge in [0.1, 0.15) is 0 Å². The Kier molecular flexibility index (Phi) is 4.79. The van der Waals surface area contributed by atoms with Crippen LogP contribution in [0, 0.1) is 5.41 Å². The van der Waals surface area contributed by atoms with E-state index in [1.54, 1.807) is 18.9 Å². The van der Waals surface area contributed by atoms with E-state index in [-0.39, 0.29) is 18.2 Å². The van der Waals surface area contributed by atoms with E-state index in [0.717, 1.165) is 6.42 Å². The number of nitrogens with zero attached hydrogens (tertiary/aromatic N) is 1. The highest BCUT2D eigenvalue weighted by molar-refractivity contribution is 5.79. The molecule has 1 aliphatic heterocycles. The fourth-order valence-electron chi connectivity index (χ4n) is 2.02. The number of rotatable bonds is 5. The molecule has 2 N–H and O–H groups in total. The summed E-state index contributed by atoms with van der Waals surface area (Å²) >= 11 is 0. The van der Waals surface area contributed by atoms with Crippen molar-refractivity contribution in [3.8, 4) is 0 Å². The topological polar surface area (TPSA) is 78.9 Å². The van der Waals surface area contributed by atoms with Crippen molar-refractivity contribution in [3.63, 3.8) is 0 Å². The van der Waals surface area contributed by atoms with Crippen LogP contribution < -0.4 is 5.32 Å². The molecule has 1 rings (SSSR count). The highest BCUT2D eigenvalue weighted by Crippen LogP contribution is 2.30. The molecule has 6 nitrogen and oxygen atoms in total. The smallest absolute Gasteiger partial charge is 0.317 e. The van der Waals surface area contributed by atoms with Gasteiger partial charge in [-0.05, 0) is 26.7 Å². The Bertz CT molecular complexity index is 355. The second kappa shape index (κ2) is 5.77. The molecule has 0 aromatic rings. The number of methoxy groups -OCH3 is 1. The molecule has 110 valence electrons. The summed E-state index contributed by atoms with van der Waals surface area (Å²) in [6, 6.07) is -0.221. The van der Waals surface area contributed by atoms with Gasteiger partial charge in [-0.25, -0.2) is 4.79 Å². The van der Waals surface area contributed by atoms with E-state index in [2.05, 4.69) is 5.32 Å². The minimum atomic E-state index is -0.849. The number of hydrogen-bond acceptors (Lipinski definition) is 3. The first-order chi connectivity index (χ1) is 8.76. The molecular weight excluding hydrogens is 248 g/mol. The van der Waals surface area contributed by atoms with E-state index in [1.165, 1.54) is 0 Å². The molecule has 0 aliphatic carbocycles. The zero-order valence-electron chi connectivity index (χ0n) is 12.2. The van der Waals surface area contributed by atoms with Crippen LogP contribution >= 0.6 is 0 Å². The predicted molar refractivity (Wildman–Crippen MR) is 71.0 cm³/mol. The molecule has 0 radical (unpaired) electrons. The maximum atomic E-state index is 12.0. The van der Waals surface area contributed by atoms with Crippen LogP contribution in [0.4, 0.5) is 4.79 Å². The van der Waals surface area contributed by atoms with Crippen LogP contribution in [-0.4, -0.2) is 54.4 Å². The Morgan fingerprint density at radius 1 is 1.53 bits per heavy atom. The van der Waals surface area contributed by atoms with Crippen LogP contribution in [0.15, 0.2) is 0 Å². The lowest BCUT2D eigenvalue weighted by atomic mass is 9.90. The third-order valence-electron chi connectivity index (χ3n) is 4.13. The molecule has 0 saturated carbocycles. The lowest BCUT2D eigenvalue weighted by Gasteiger charge is -2.28. The zero-order valence-corrected chi connectivity index (χ0v) is 12.2. The predicted octanol–water partition coefficient (Wildman–Crippen LogP) is 1.31. The molecule has 2 atom stereocenters. The van der Waals surface area contributed by atoms with Gasteiger partial charge in [0.05, 0.1) is 11.0 Å². The largest absolute Gasteiger partial charge is 0.481 e. The monoisotopic (exact) mass is 272 g/mol. The van der Waals surface area contributed by atoms with Crippen LogP contribution in [0.3, 0.4) is 0 Å². The fraction of sp³-hybridized carbons (Fsp3) is 0.846. The van der Waals surface area contributed by atoms with Crippen molar-refractivity contribution < 1.29 is 19.4 Å². The van der Waals surface area contributed by atoms with Gasteiger partial charge in [0.15, 0.2) is 0 Å². The Morgan fingerprint density at radius 3 is 2.58 bits per heavy atom. The van der Waals surface area contributed by atoms with Gasteiger partial charge in [-0.1, -0.05) is 6.92 Å². The molecule has 1 fully saturated rings. The third-order valence-corrected chi connectivity index (χ3v) is 4.13. The summed E-state index contributed by atoms with van der Waals surface area (Å²) in [5, 5.41) is 11.9. The molecule has 0 aromatic carbocycles. The molecule has 0 spiro atoms. The molecule has 2 amide bonds. The minimum absolute atomic E-state index is 0.221. The van der Waals surface area contributed by atoms with Gasteiger partial charge < -0.3 is 20.1 Å². The normalized spacial score (nSPS) is 26.0. The molecule has 0 bridgehead atoms. The lowest BCUT2D eigenvalue weighted by molar-refractivity contribution is -0.147. The number of urea groups is 1. The average molecular weight is 272 g/mol. The highest BCUT2D eigenvalue weighted by Gasteiger charge is 2.42. The summed E-state index contributed by atoms with van der Waals surface area (Å²) in [5.41, 5.74) is -1.21. The van der Waals surface area contributed by atoms with Gasteiger partial charge in [0.2, 0.25) is 0 Å². The summed E-state index contributed by atoms with van der Waals surface area (Å²) in [6.45, 7) is 6.74. The van der Waals surface area contributed by atoms with Crippen molar-refractivity contribution in [2.24, 2.45) is 5.41 Å². The summed E-state index contributed by atoms with van der Waals surface area (Å²) < 4.78 is 5.35. The number of carbonyl (C=O) groups is 2. The van der Waals surface area contributed by atoms with Gasteiger partial charge in [-0.3, -0.25) is 4.79 Å². The fourth-order valence-corrected chi connectivity index (χ4v) is 2.02. The second-order valence-corrected chi connectivity index (χ2v) is 5.70. The highest BCUT2D eigenvalue weighted by atomic mass is 16.5. The van der Waals surface area contributed by atoms with Crippen LogP contribution in [0.1, 0.15) is 33.6 Å². The molecule has 1 saturated heterocycles. The van der Waals surface area contributed by atoms with Crippen molar-refractivity contribution in [1.82, 2.24) is 10.2 Å². The lowest BCUT2D eigenvalue weighted by Crippen LogP contribution is -2.47. The van der Waals surface area contributed by atoms with E-state index in [1.807, 2.05) is 13.8 Å². The molecule has 19 heavy (non-hydrogen) atoms. The van der Waals surface area contributed by atoms with Gasteiger partial charge in [0, 0.05) is 26.7 Å². The number of aliphatic carboxylic acids is 1. The summed E-state index contributed by atoms with van der Waals surface area (Å²) in [7, 11) is 1.62. The average Bonchev–Trinajstić information content (AvgIpc) is 2.80. The molecule has 1 aliphatic rings. The minimum Gasteiger partial charge on any atom is -0.481 e. The summed E-state index contributed by atoms with van der Waals surface area (Å²) in [5.74, 6) is -0.849. The van der Waals surface area contributed by atoms with E-state index >= 15 is 0 Å². The van der Waals surface area contributed by atoms with E-state index in [9.17, 15) is 9.59 Å². The number of carbonyl (C=O) groups excluding carboxylic acids is 1. The number of likely N-dealkylation sites (tertiary alicyclic amines) is 1. The molecule has 6 heteroatoms. The Morgan fingerprint density at radius 2 is 2.16 bits per heavy atom. The van der Waals surface area contributed by atoms with Crippen molar-refractivity contribution in [2.45, 2.75) is 39.2 Å². The van der Waals surface area contributed by atoms with Gasteiger partial charge in [-0.15, -0.1) is 0 Å². The number of ether oxygens (including phenoxy) is 1. The van der Waals surface area contributed by atoms with Crippen molar-refractivity contribution in [1.29, 1.82) is 0 Å². The number of carboxylic acids is 1. The molecule has 0 aromatic heterocycles. The first-order valence-corrected chi connectivity index (χ1v) is 6.58. The number of hydrogen-bond donors (Lipinski definition) is 2. The number of carboxylic acid groups (broad SMARTS) is 1. The third kappa shape index (κ3) is 3.59. The van der Waals surface area contributed by atoms with Gasteiger partial charge >= 0.3 is 12.0 Å². The zero-order chi connectivity index (χ0) is 14.7. The number of amides is 2. The van der Waals surface area contributed by atoms with Gasteiger partial charge in [-0.2, -0.15) is 0 Å². The number of nitrogens with one attached hydrogen (secondary N) is 1. The van der Waals surface area contributed by atoms with E-state index < -0.39 is 11.4 Å². The quantitative estimate of drug-likeness (QED) is 0.791. The van der Waals surface area contributed by atoms with Crippen molar-refractivity contribution in [3.05, 3.63) is 0 Å². The van der Waals surface area contributed by atoms with E-state index in [0.29, 0.717) is 19.5 Å². The summed E-state index contributed by atoms with van der Waals surface area (Å²) in [4.78, 5) is 24.7. The molecular formula is C13H24N2O4. The summed E-state index contributed by atoms with van der Waals surface area (Å²) in [6.07, 6.45) is 1.28. The standard InChI is InChI=1S/C13H24N2O4/c1-5-13(3,19-4)8-14-11(18)15-7-6-12(2,9-15)10(16)17/h5-9H2,1-4H3,(H,14,18)(H,16,17). The first kappa shape index (κ1) is 15.8. The SMILES string of the molecule is CCC(C)(CNC(=O)N1CCC(C)(C(=O)O)C1)OC. The Hall–Kier alpha value is -1.30. The first-order valence-electron chi connectivity index (χ1n) is 6.58. The Balaban J connectivity index is 2.51. The van der Waals surface area contributed by atoms with Crippen LogP contribution in [0.25, 0.3) is 0 Å². The van der Waals surface area contributed by atoms with Crippen LogP contribution in [0.5, 0.6) is 0 Å². The maximum Gasteiger partial charge on any atom is 0.317 e. The Labute approximate surface area is 114 Å². The van der Waals surface area contributed by atoms with Crippen molar-refractivity contribution >= 4 is 12.0 Å². The molecule has 1 heterocycles. The van der Waals surface area contributed by atoms with Crippen LogP contribution in [-0.2, 0) is 9.53 Å². The second-order valence-electron chi connectivity index (χ2n) is 5.70. The van der Waals surface area contributed by atoms with Gasteiger partial charge in [0.25, 0.3) is 0 Å². The maximum absolute atomic E-state index is 12.0. The molecule has 2 unspecified atom stereocenters. The van der Waals surface area contributed by atoms with Crippen LogP contribution in [0.2, 0.25) is 0 Å². The van der Waals surface area contributed by atoms with Crippen molar-refractivity contribution in [2.75, 3.05) is 26.7 Å². The van der Waals surface area contributed by atoms with E-state index in [4.69, 9.17) is 9.84 Å².